The van der Waals surface area contributed by atoms with E-state index in [0.717, 1.165) is 23.1 Å². The monoisotopic (exact) mass is 1060 g/mol. The molecule has 0 aromatic heterocycles. The number of likely N-dealkylation sites (N-methyl/N-ethyl adjacent to an activating group) is 1. The van der Waals surface area contributed by atoms with Crippen molar-refractivity contribution in [2.75, 3.05) is 27.8 Å². The number of hydrogen-bond donors (Lipinski definition) is 10. The van der Waals surface area contributed by atoms with E-state index in [1.54, 1.807) is 31.4 Å². The maximum absolute atomic E-state index is 14.4. The number of carboxylic acids is 1. The number of aryl methyl sites for hydroxylation is 1. The summed E-state index contributed by atoms with van der Waals surface area (Å²) >= 11 is 0. The van der Waals surface area contributed by atoms with Gasteiger partial charge in [-0.05, 0) is 75.6 Å². The smallest absolute Gasteiger partial charge is 0.328 e. The van der Waals surface area contributed by atoms with Gasteiger partial charge >= 0.3 is 11.9 Å². The Morgan fingerprint density at radius 1 is 0.842 bits per heavy atom. The number of benzene rings is 2. The van der Waals surface area contributed by atoms with Crippen molar-refractivity contribution in [1.29, 1.82) is 0 Å². The fourth-order valence-electron chi connectivity index (χ4n) is 7.93. The molecule has 2 aromatic carbocycles. The van der Waals surface area contributed by atoms with E-state index >= 15 is 0 Å². The lowest BCUT2D eigenvalue weighted by atomic mass is 9.94. The summed E-state index contributed by atoms with van der Waals surface area (Å²) in [6, 6.07) is 7.07. The number of nitrogens with zero attached hydrogens (tertiary/aromatic N) is 2. The number of hydrogen-bond acceptors (Lipinski definition) is 13. The van der Waals surface area contributed by atoms with E-state index in [1.165, 1.54) is 33.0 Å². The van der Waals surface area contributed by atoms with Crippen molar-refractivity contribution in [2.24, 2.45) is 28.3 Å². The zero-order chi connectivity index (χ0) is 56.6. The summed E-state index contributed by atoms with van der Waals surface area (Å²) in [5.41, 5.74) is 13.1. The molecule has 7 amide bonds. The van der Waals surface area contributed by atoms with E-state index < -0.39 is 114 Å². The minimum absolute atomic E-state index is 0.0215. The van der Waals surface area contributed by atoms with Gasteiger partial charge in [0, 0.05) is 33.0 Å². The quantitative estimate of drug-likeness (QED) is 0.0277. The molecule has 23 nitrogen and oxygen atoms in total. The van der Waals surface area contributed by atoms with Crippen LogP contribution in [0.2, 0.25) is 0 Å². The van der Waals surface area contributed by atoms with Gasteiger partial charge in [-0.1, -0.05) is 86.7 Å². The second-order valence-corrected chi connectivity index (χ2v) is 18.6. The van der Waals surface area contributed by atoms with Crippen molar-refractivity contribution < 1.29 is 62.8 Å². The molecule has 23 heteroatoms. The number of methoxy groups -OCH3 is 2. The lowest BCUT2D eigenvalue weighted by Gasteiger charge is -2.27. The molecule has 1 fully saturated rings. The number of carbonyl (C=O) groups is 9. The Morgan fingerprint density at radius 3 is 2.09 bits per heavy atom. The van der Waals surface area contributed by atoms with Gasteiger partial charge < -0.3 is 68.0 Å². The number of ether oxygens (including phenoxy) is 2. The molecule has 0 bridgehead atoms. The number of allylic oxidation sites excluding steroid dienone is 2. The first kappa shape index (κ1) is 62.2. The molecule has 0 unspecified atom stereocenters. The van der Waals surface area contributed by atoms with Crippen molar-refractivity contribution >= 4 is 59.2 Å². The van der Waals surface area contributed by atoms with E-state index in [2.05, 4.69) is 43.5 Å². The first-order chi connectivity index (χ1) is 35.9. The highest BCUT2D eigenvalue weighted by Gasteiger charge is 2.34. The lowest BCUT2D eigenvalue weighted by molar-refractivity contribution is -0.146. The number of esters is 1. The summed E-state index contributed by atoms with van der Waals surface area (Å²) in [6.45, 7) is 10.3. The Hall–Kier alpha value is -8.08. The van der Waals surface area contributed by atoms with Crippen molar-refractivity contribution in [3.63, 3.8) is 0 Å². The minimum Gasteiger partial charge on any atom is -0.508 e. The van der Waals surface area contributed by atoms with E-state index in [4.69, 9.17) is 20.9 Å². The van der Waals surface area contributed by atoms with E-state index in [-0.39, 0.29) is 62.4 Å². The van der Waals surface area contributed by atoms with Crippen LogP contribution in [0.15, 0.2) is 95.7 Å². The van der Waals surface area contributed by atoms with Crippen LogP contribution in [0.5, 0.6) is 5.75 Å². The van der Waals surface area contributed by atoms with Crippen molar-refractivity contribution in [3.05, 3.63) is 102 Å². The highest BCUT2D eigenvalue weighted by atomic mass is 16.5. The number of amides is 7. The average molecular weight is 1060 g/mol. The third-order valence-electron chi connectivity index (χ3n) is 12.6. The van der Waals surface area contributed by atoms with E-state index in [9.17, 15) is 53.4 Å². The lowest BCUT2D eigenvalue weighted by Crippen LogP contribution is -2.56. The van der Waals surface area contributed by atoms with Crippen LogP contribution in [-0.4, -0.2) is 145 Å². The second kappa shape index (κ2) is 31.0. The number of guanidine groups is 1. The zero-order valence-corrected chi connectivity index (χ0v) is 44.1. The summed E-state index contributed by atoms with van der Waals surface area (Å²) in [4.78, 5) is 127. The Bertz CT molecular complexity index is 2460. The number of carbonyl (C=O) groups excluding carboxylic acids is 8. The van der Waals surface area contributed by atoms with E-state index in [0.29, 0.717) is 12.0 Å². The van der Waals surface area contributed by atoms with E-state index in [1.807, 2.05) is 50.3 Å². The Balaban J connectivity index is 2.12. The molecule has 76 heavy (non-hydrogen) atoms. The summed E-state index contributed by atoms with van der Waals surface area (Å²) < 4.78 is 10.8. The Morgan fingerprint density at radius 2 is 1.47 bits per heavy atom. The fraction of sp³-hybridized carbons (Fsp3) is 0.472. The number of aliphatic carboxylic acids is 1. The molecule has 0 spiro atoms. The van der Waals surface area contributed by atoms with Crippen LogP contribution in [0, 0.1) is 11.8 Å². The minimum atomic E-state index is -1.90. The molecule has 0 aliphatic carbocycles. The van der Waals surface area contributed by atoms with Gasteiger partial charge in [0.2, 0.25) is 35.4 Å². The SMILES string of the molecule is C=C1C(=O)N[C@H](C)C(=O)N[C@@H](CCc2ccc(O)cc2)C(=O)N[C@@H](C(=O)O)CC(=O)N[C@@H](CCCN=C(N)N)C(=O)N[C@@H](/C=C/C(C)=C/[C@H](C)[C@H](Cc2ccccc2)OC)[C@H](C)C(=O)N[C@@H](C(=O)OC)CCC(=O)N1C. The summed E-state index contributed by atoms with van der Waals surface area (Å²) in [5.74, 6) is -10.2. The number of aliphatic imine (C=N–C) groups is 1. The number of aromatic hydroxyl groups is 1. The molecular weight excluding hydrogens is 985 g/mol. The number of phenols is 1. The van der Waals surface area contributed by atoms with Crippen LogP contribution >= 0.6 is 0 Å². The molecule has 414 valence electrons. The van der Waals surface area contributed by atoms with Crippen molar-refractivity contribution in [2.45, 2.75) is 121 Å². The molecule has 3 rings (SSSR count). The number of nitrogens with two attached hydrogens (primary N) is 2. The molecule has 1 aliphatic rings. The van der Waals surface area contributed by atoms with Crippen LogP contribution in [-0.2, 0) is 65.5 Å². The number of nitrogens with one attached hydrogen (secondary N) is 6. The average Bonchev–Trinajstić information content (AvgIpc) is 3.38. The highest BCUT2D eigenvalue weighted by molar-refractivity contribution is 6.00. The standard InChI is InChI=1S/C53H74N10O13/c1-30(27-31(2)43(75-7)28-36-13-10-9-11-14-36)16-22-38-32(3)46(67)61-41(52(74)76-8)24-25-45(66)63(6)34(5)48(69)57-33(4)47(68)60-40(23-19-35-17-20-37(64)21-18-35)50(71)62-42(51(72)73)29-44(65)58-39(49(70)59-38)15-12-26-56-53(54)55/h9-11,13-14,16-18,20-22,27,31-33,38-43,64H,5,12,15,19,23-26,28-29H2,1-4,6-8H3,(H,57,69)(H,58,65)(H,59,70)(H,60,68)(H,61,67)(H,62,71)(H,72,73)(H4,54,55,56)/b22-16+,30-27+/t31-,32-,33+,38-,39-,40-,41+,42+,43-/m0/s1. The van der Waals surface area contributed by atoms with Gasteiger partial charge in [-0.2, -0.15) is 0 Å². The van der Waals surface area contributed by atoms with Gasteiger partial charge in [0.25, 0.3) is 5.91 Å². The molecule has 1 heterocycles. The molecule has 2 aromatic rings. The molecule has 0 radical (unpaired) electrons. The highest BCUT2D eigenvalue weighted by Crippen LogP contribution is 2.19. The predicted octanol–water partition coefficient (Wildman–Crippen LogP) is 0.753. The van der Waals surface area contributed by atoms with Gasteiger partial charge in [-0.15, -0.1) is 0 Å². The maximum Gasteiger partial charge on any atom is 0.328 e. The van der Waals surface area contributed by atoms with Gasteiger partial charge in [-0.25, -0.2) is 9.59 Å². The number of carboxylic acid groups (broad SMARTS) is 1. The first-order valence-electron chi connectivity index (χ1n) is 24.8. The Labute approximate surface area is 442 Å². The van der Waals surface area contributed by atoms with Gasteiger partial charge in [0.1, 0.15) is 41.7 Å². The molecule has 0 saturated carbocycles. The largest absolute Gasteiger partial charge is 0.508 e. The van der Waals surface area contributed by atoms with Gasteiger partial charge in [0.15, 0.2) is 5.96 Å². The molecule has 9 atom stereocenters. The molecule has 1 saturated heterocycles. The molecule has 12 N–H and O–H groups in total. The van der Waals surface area contributed by atoms with Crippen LogP contribution in [0.4, 0.5) is 0 Å². The normalized spacial score (nSPS) is 23.3. The Kier molecular flexibility index (Phi) is 25.3. The third-order valence-corrected chi connectivity index (χ3v) is 12.6. The predicted molar refractivity (Wildman–Crippen MR) is 281 cm³/mol. The van der Waals surface area contributed by atoms with Crippen LogP contribution in [0.3, 0.4) is 0 Å². The van der Waals surface area contributed by atoms with Gasteiger partial charge in [0.05, 0.1) is 31.6 Å². The van der Waals surface area contributed by atoms with Crippen molar-refractivity contribution in [3.8, 4) is 5.75 Å². The third kappa shape index (κ3) is 20.7. The summed E-state index contributed by atoms with van der Waals surface area (Å²) in [6.07, 6.45) is 3.98. The first-order valence-corrected chi connectivity index (χ1v) is 24.8. The maximum atomic E-state index is 14.4. The molecule has 1 aliphatic heterocycles. The summed E-state index contributed by atoms with van der Waals surface area (Å²) in [5, 5.41) is 35.3. The molecular formula is C53H74N10O13. The fourth-order valence-corrected chi connectivity index (χ4v) is 7.93. The van der Waals surface area contributed by atoms with Crippen LogP contribution < -0.4 is 43.4 Å². The van der Waals surface area contributed by atoms with Gasteiger partial charge in [-0.3, -0.25) is 38.6 Å². The van der Waals surface area contributed by atoms with Crippen LogP contribution in [0.25, 0.3) is 0 Å². The zero-order valence-electron chi connectivity index (χ0n) is 44.1. The van der Waals surface area contributed by atoms with Crippen molar-refractivity contribution in [1.82, 2.24) is 36.8 Å². The second-order valence-electron chi connectivity index (χ2n) is 18.6. The van der Waals surface area contributed by atoms with Crippen LogP contribution in [0.1, 0.15) is 77.3 Å². The summed E-state index contributed by atoms with van der Waals surface area (Å²) in [7, 11) is 3.94. The topological polar surface area (TPSA) is 352 Å². The number of rotatable bonds is 16. The number of phenolic OH excluding ortho intramolecular Hbond substituents is 1.